The number of hydrogen-bond donors (Lipinski definition) is 1. The molecular weight excluding hydrogens is 300 g/mol. The van der Waals surface area contributed by atoms with Gasteiger partial charge in [0.2, 0.25) is 5.91 Å². The van der Waals surface area contributed by atoms with Crippen LogP contribution in [0.1, 0.15) is 72.1 Å². The molecule has 24 heavy (non-hydrogen) atoms. The van der Waals surface area contributed by atoms with Gasteiger partial charge in [-0.1, -0.05) is 40.0 Å². The van der Waals surface area contributed by atoms with Gasteiger partial charge in [-0.3, -0.25) is 9.59 Å². The van der Waals surface area contributed by atoms with Gasteiger partial charge in [0, 0.05) is 23.8 Å². The number of amides is 1. The van der Waals surface area contributed by atoms with Crippen molar-refractivity contribution in [3.05, 3.63) is 0 Å². The third kappa shape index (κ3) is 5.58. The zero-order valence-corrected chi connectivity index (χ0v) is 15.9. The van der Waals surface area contributed by atoms with Crippen LogP contribution in [0.25, 0.3) is 0 Å². The molecule has 0 aromatic carbocycles. The molecule has 1 aliphatic carbocycles. The van der Waals surface area contributed by atoms with Crippen LogP contribution in [0.3, 0.4) is 0 Å². The number of nitrogens with zero attached hydrogens (tertiary/aromatic N) is 1. The standard InChI is InChI=1S/C20H36N2O2/c1-20(2,3)18(23)16-10-5-6-11-17(16)19(24)21-12-9-15-22-13-7-4-8-14-22/h16-17H,4-15H2,1-3H3,(H,21,24). The highest BCUT2D eigenvalue weighted by Gasteiger charge is 2.39. The molecule has 1 saturated heterocycles. The maximum Gasteiger partial charge on any atom is 0.223 e. The Morgan fingerprint density at radius 2 is 1.58 bits per heavy atom. The summed E-state index contributed by atoms with van der Waals surface area (Å²) in [5.74, 6) is 0.174. The van der Waals surface area contributed by atoms with E-state index in [4.69, 9.17) is 0 Å². The molecule has 4 nitrogen and oxygen atoms in total. The Labute approximate surface area is 147 Å². The van der Waals surface area contributed by atoms with Crippen LogP contribution in [0.5, 0.6) is 0 Å². The summed E-state index contributed by atoms with van der Waals surface area (Å²) in [6, 6.07) is 0. The Morgan fingerprint density at radius 1 is 0.958 bits per heavy atom. The maximum absolute atomic E-state index is 12.7. The van der Waals surface area contributed by atoms with E-state index < -0.39 is 0 Å². The van der Waals surface area contributed by atoms with Gasteiger partial charge in [-0.25, -0.2) is 0 Å². The summed E-state index contributed by atoms with van der Waals surface area (Å²) in [4.78, 5) is 27.8. The quantitative estimate of drug-likeness (QED) is 0.756. The van der Waals surface area contributed by atoms with Crippen molar-refractivity contribution in [3.63, 3.8) is 0 Å². The van der Waals surface area contributed by atoms with Crippen LogP contribution < -0.4 is 5.32 Å². The second-order valence-corrected chi connectivity index (χ2v) is 8.66. The second kappa shape index (κ2) is 8.98. The van der Waals surface area contributed by atoms with E-state index in [-0.39, 0.29) is 28.9 Å². The van der Waals surface area contributed by atoms with Crippen LogP contribution in [0, 0.1) is 17.3 Å². The third-order valence-corrected chi connectivity index (χ3v) is 5.58. The Morgan fingerprint density at radius 3 is 2.21 bits per heavy atom. The van der Waals surface area contributed by atoms with Crippen molar-refractivity contribution in [2.24, 2.45) is 17.3 Å². The molecule has 1 amide bonds. The van der Waals surface area contributed by atoms with Crippen molar-refractivity contribution < 1.29 is 9.59 Å². The normalized spacial score (nSPS) is 26.1. The van der Waals surface area contributed by atoms with E-state index in [2.05, 4.69) is 10.2 Å². The predicted octanol–water partition coefficient (Wildman–Crippen LogP) is 3.40. The molecule has 1 N–H and O–H groups in total. The number of Topliss-reactive ketones (excluding diaryl/α,β-unsaturated/α-hetero) is 1. The highest BCUT2D eigenvalue weighted by Crippen LogP contribution is 2.35. The van der Waals surface area contributed by atoms with Gasteiger partial charge < -0.3 is 10.2 Å². The lowest BCUT2D eigenvalue weighted by atomic mass is 9.70. The summed E-state index contributed by atoms with van der Waals surface area (Å²) in [6.07, 6.45) is 8.88. The molecule has 1 aliphatic heterocycles. The van der Waals surface area contributed by atoms with E-state index in [0.717, 1.165) is 45.2 Å². The molecule has 2 fully saturated rings. The molecule has 4 heteroatoms. The molecule has 1 saturated carbocycles. The van der Waals surface area contributed by atoms with Crippen LogP contribution in [-0.4, -0.2) is 42.8 Å². The number of carbonyl (C=O) groups is 2. The lowest BCUT2D eigenvalue weighted by Gasteiger charge is -2.33. The van der Waals surface area contributed by atoms with E-state index in [1.807, 2.05) is 20.8 Å². The lowest BCUT2D eigenvalue weighted by Crippen LogP contribution is -2.43. The van der Waals surface area contributed by atoms with Gasteiger partial charge in [-0.15, -0.1) is 0 Å². The fourth-order valence-electron chi connectivity index (χ4n) is 4.14. The first-order valence-electron chi connectivity index (χ1n) is 9.94. The van der Waals surface area contributed by atoms with E-state index in [1.165, 1.54) is 32.4 Å². The van der Waals surface area contributed by atoms with E-state index >= 15 is 0 Å². The Kier molecular flexibility index (Phi) is 7.27. The summed E-state index contributed by atoms with van der Waals surface area (Å²) in [6.45, 7) is 10.1. The average Bonchev–Trinajstić information content (AvgIpc) is 2.58. The van der Waals surface area contributed by atoms with Crippen LogP contribution in [-0.2, 0) is 9.59 Å². The van der Waals surface area contributed by atoms with Crippen LogP contribution in [0.2, 0.25) is 0 Å². The summed E-state index contributed by atoms with van der Waals surface area (Å²) in [5, 5.41) is 3.11. The molecule has 0 spiro atoms. The van der Waals surface area contributed by atoms with Gasteiger partial charge >= 0.3 is 0 Å². The number of likely N-dealkylation sites (tertiary alicyclic amines) is 1. The van der Waals surface area contributed by atoms with Gasteiger partial charge in [0.1, 0.15) is 5.78 Å². The number of piperidine rings is 1. The highest BCUT2D eigenvalue weighted by atomic mass is 16.2. The second-order valence-electron chi connectivity index (χ2n) is 8.66. The first-order valence-corrected chi connectivity index (χ1v) is 9.94. The fraction of sp³-hybridized carbons (Fsp3) is 0.900. The van der Waals surface area contributed by atoms with Crippen molar-refractivity contribution >= 4 is 11.7 Å². The largest absolute Gasteiger partial charge is 0.356 e. The van der Waals surface area contributed by atoms with Crippen LogP contribution in [0.4, 0.5) is 0 Å². The Bertz CT molecular complexity index is 422. The number of rotatable bonds is 6. The molecule has 138 valence electrons. The minimum absolute atomic E-state index is 0.0826. The van der Waals surface area contributed by atoms with Crippen molar-refractivity contribution in [1.29, 1.82) is 0 Å². The number of ketones is 1. The topological polar surface area (TPSA) is 49.4 Å². The molecule has 0 bridgehead atoms. The summed E-state index contributed by atoms with van der Waals surface area (Å²) in [7, 11) is 0. The first kappa shape index (κ1) is 19.4. The molecule has 0 radical (unpaired) electrons. The van der Waals surface area contributed by atoms with Gasteiger partial charge in [0.15, 0.2) is 0 Å². The first-order chi connectivity index (χ1) is 11.4. The van der Waals surface area contributed by atoms with Crippen LogP contribution in [0.15, 0.2) is 0 Å². The Hall–Kier alpha value is -0.900. The van der Waals surface area contributed by atoms with Crippen molar-refractivity contribution in [3.8, 4) is 0 Å². The minimum Gasteiger partial charge on any atom is -0.356 e. The van der Waals surface area contributed by atoms with Gasteiger partial charge in [0.25, 0.3) is 0 Å². The zero-order valence-electron chi connectivity index (χ0n) is 15.9. The SMILES string of the molecule is CC(C)(C)C(=O)C1CCCCC1C(=O)NCCCN1CCCCC1. The molecular formula is C20H36N2O2. The third-order valence-electron chi connectivity index (χ3n) is 5.58. The monoisotopic (exact) mass is 336 g/mol. The molecule has 2 aliphatic rings. The zero-order chi connectivity index (χ0) is 17.6. The smallest absolute Gasteiger partial charge is 0.223 e. The lowest BCUT2D eigenvalue weighted by molar-refractivity contribution is -0.139. The van der Waals surface area contributed by atoms with Crippen LogP contribution >= 0.6 is 0 Å². The average molecular weight is 337 g/mol. The number of nitrogens with one attached hydrogen (secondary N) is 1. The number of carbonyl (C=O) groups excluding carboxylic acids is 2. The highest BCUT2D eigenvalue weighted by molar-refractivity contribution is 5.91. The molecule has 2 atom stereocenters. The van der Waals surface area contributed by atoms with Gasteiger partial charge in [-0.05, 0) is 51.7 Å². The summed E-state index contributed by atoms with van der Waals surface area (Å²) < 4.78 is 0. The fourth-order valence-corrected chi connectivity index (χ4v) is 4.14. The van der Waals surface area contributed by atoms with Gasteiger partial charge in [0.05, 0.1) is 0 Å². The van der Waals surface area contributed by atoms with Crippen molar-refractivity contribution in [1.82, 2.24) is 10.2 Å². The Balaban J connectivity index is 1.77. The van der Waals surface area contributed by atoms with E-state index in [1.54, 1.807) is 0 Å². The van der Waals surface area contributed by atoms with Crippen molar-refractivity contribution in [2.75, 3.05) is 26.2 Å². The number of hydrogen-bond acceptors (Lipinski definition) is 3. The van der Waals surface area contributed by atoms with E-state index in [9.17, 15) is 9.59 Å². The molecule has 2 unspecified atom stereocenters. The molecule has 1 heterocycles. The molecule has 0 aromatic heterocycles. The van der Waals surface area contributed by atoms with Crippen molar-refractivity contribution in [2.45, 2.75) is 72.1 Å². The minimum atomic E-state index is -0.352. The predicted molar refractivity (Wildman–Crippen MR) is 97.8 cm³/mol. The molecule has 2 rings (SSSR count). The molecule has 0 aromatic rings. The summed E-state index contributed by atoms with van der Waals surface area (Å²) in [5.41, 5.74) is -0.352. The van der Waals surface area contributed by atoms with E-state index in [0.29, 0.717) is 0 Å². The van der Waals surface area contributed by atoms with Gasteiger partial charge in [-0.2, -0.15) is 0 Å². The summed E-state index contributed by atoms with van der Waals surface area (Å²) >= 11 is 0. The maximum atomic E-state index is 12.7.